The monoisotopic (exact) mass is 352 g/mol. The van der Waals surface area contributed by atoms with Gasteiger partial charge in [-0.1, -0.05) is 41.7 Å². The molecule has 0 bridgehead atoms. The third-order valence-corrected chi connectivity index (χ3v) is 3.52. The van der Waals surface area contributed by atoms with Gasteiger partial charge >= 0.3 is 12.0 Å². The van der Waals surface area contributed by atoms with Gasteiger partial charge in [0.2, 0.25) is 0 Å². The molecule has 21 heavy (non-hydrogen) atoms. The van der Waals surface area contributed by atoms with E-state index in [2.05, 4.69) is 10.6 Å². The number of carboxylic acid groups (broad SMARTS) is 1. The minimum absolute atomic E-state index is 0.0445. The zero-order valence-corrected chi connectivity index (χ0v) is 13.5. The van der Waals surface area contributed by atoms with Crippen LogP contribution in [0.2, 0.25) is 15.1 Å². The molecular formula is C13H15Cl3N2O3. The van der Waals surface area contributed by atoms with Gasteiger partial charge in [0.25, 0.3) is 0 Å². The predicted octanol–water partition coefficient (Wildman–Crippen LogP) is 4.27. The van der Waals surface area contributed by atoms with Crippen molar-refractivity contribution in [2.24, 2.45) is 5.92 Å². The third kappa shape index (κ3) is 6.42. The van der Waals surface area contributed by atoms with E-state index in [4.69, 9.17) is 39.9 Å². The first kappa shape index (κ1) is 17.9. The smallest absolute Gasteiger partial charge is 0.319 e. The summed E-state index contributed by atoms with van der Waals surface area (Å²) in [6.07, 6.45) is 0.553. The number of rotatable bonds is 6. The number of benzene rings is 1. The van der Waals surface area contributed by atoms with Crippen LogP contribution in [0.3, 0.4) is 0 Å². The topological polar surface area (TPSA) is 78.4 Å². The lowest BCUT2D eigenvalue weighted by Crippen LogP contribution is -2.32. The molecule has 1 unspecified atom stereocenters. The van der Waals surface area contributed by atoms with Crippen molar-refractivity contribution < 1.29 is 14.7 Å². The van der Waals surface area contributed by atoms with Gasteiger partial charge in [0, 0.05) is 18.0 Å². The number of nitrogens with one attached hydrogen (secondary N) is 2. The fraction of sp³-hybridized carbons (Fsp3) is 0.385. The van der Waals surface area contributed by atoms with Gasteiger partial charge in [-0.15, -0.1) is 0 Å². The molecule has 1 aromatic rings. The average molecular weight is 354 g/mol. The maximum Gasteiger partial charge on any atom is 0.319 e. The highest BCUT2D eigenvalue weighted by atomic mass is 35.5. The second-order valence-electron chi connectivity index (χ2n) is 4.62. The van der Waals surface area contributed by atoms with Gasteiger partial charge in [-0.2, -0.15) is 0 Å². The van der Waals surface area contributed by atoms with E-state index in [0.29, 0.717) is 18.0 Å². The molecular weight excluding hydrogens is 339 g/mol. The Kier molecular flexibility index (Phi) is 7.08. The molecule has 0 spiro atoms. The molecule has 8 heteroatoms. The van der Waals surface area contributed by atoms with E-state index in [-0.39, 0.29) is 28.1 Å². The van der Waals surface area contributed by atoms with Crippen molar-refractivity contribution in [2.45, 2.75) is 19.8 Å². The van der Waals surface area contributed by atoms with Crippen LogP contribution in [0.4, 0.5) is 10.5 Å². The maximum absolute atomic E-state index is 11.8. The third-order valence-electron chi connectivity index (χ3n) is 2.71. The average Bonchev–Trinajstić information content (AvgIpc) is 2.38. The van der Waals surface area contributed by atoms with Crippen LogP contribution in [0.1, 0.15) is 19.8 Å². The Hall–Kier alpha value is -1.17. The first-order valence-electron chi connectivity index (χ1n) is 6.20. The molecule has 1 rings (SSSR count). The SMILES string of the molecule is CC(CCC(=O)O)CNC(=O)Nc1c(Cl)cc(Cl)cc1Cl. The van der Waals surface area contributed by atoms with Crippen LogP contribution in [0.25, 0.3) is 0 Å². The van der Waals surface area contributed by atoms with Crippen LogP contribution in [-0.4, -0.2) is 23.7 Å². The molecule has 0 saturated heterocycles. The van der Waals surface area contributed by atoms with Gasteiger partial charge in [0.1, 0.15) is 0 Å². The largest absolute Gasteiger partial charge is 0.481 e. The number of carboxylic acids is 1. The second kappa shape index (κ2) is 8.32. The minimum atomic E-state index is -0.856. The Morgan fingerprint density at radius 1 is 1.24 bits per heavy atom. The molecule has 0 saturated carbocycles. The van der Waals surface area contributed by atoms with Crippen LogP contribution >= 0.6 is 34.8 Å². The van der Waals surface area contributed by atoms with Gasteiger partial charge in [-0.05, 0) is 24.5 Å². The summed E-state index contributed by atoms with van der Waals surface area (Å²) in [5.41, 5.74) is 0.276. The zero-order valence-electron chi connectivity index (χ0n) is 11.3. The summed E-state index contributed by atoms with van der Waals surface area (Å²) in [6, 6.07) is 2.48. The number of carbonyl (C=O) groups excluding carboxylic acids is 1. The Balaban J connectivity index is 2.49. The van der Waals surface area contributed by atoms with Crippen LogP contribution in [-0.2, 0) is 4.79 Å². The normalized spacial score (nSPS) is 11.8. The Bertz CT molecular complexity index is 514. The summed E-state index contributed by atoms with van der Waals surface area (Å²) >= 11 is 17.7. The standard InChI is InChI=1S/C13H15Cl3N2O3/c1-7(2-3-11(19)20)6-17-13(21)18-12-9(15)4-8(14)5-10(12)16/h4-5,7H,2-3,6H2,1H3,(H,19,20)(H2,17,18,21). The molecule has 1 atom stereocenters. The van der Waals surface area contributed by atoms with Crippen molar-refractivity contribution in [1.29, 1.82) is 0 Å². The molecule has 1 aromatic carbocycles. The molecule has 3 N–H and O–H groups in total. The van der Waals surface area contributed by atoms with E-state index in [9.17, 15) is 9.59 Å². The summed E-state index contributed by atoms with van der Waals surface area (Å²) in [6.45, 7) is 2.20. The van der Waals surface area contributed by atoms with Gasteiger partial charge in [0.05, 0.1) is 15.7 Å². The highest BCUT2D eigenvalue weighted by molar-refractivity contribution is 6.42. The van der Waals surface area contributed by atoms with E-state index < -0.39 is 12.0 Å². The molecule has 116 valence electrons. The van der Waals surface area contributed by atoms with Gasteiger partial charge in [-0.3, -0.25) is 4.79 Å². The summed E-state index contributed by atoms with van der Waals surface area (Å²) in [7, 11) is 0. The number of halogens is 3. The molecule has 0 aliphatic heterocycles. The lowest BCUT2D eigenvalue weighted by molar-refractivity contribution is -0.137. The zero-order chi connectivity index (χ0) is 16.0. The van der Waals surface area contributed by atoms with Crippen molar-refractivity contribution >= 4 is 52.5 Å². The van der Waals surface area contributed by atoms with Gasteiger partial charge < -0.3 is 15.7 Å². The van der Waals surface area contributed by atoms with Crippen LogP contribution < -0.4 is 10.6 Å². The number of amides is 2. The molecule has 0 fully saturated rings. The van der Waals surface area contributed by atoms with Crippen molar-refractivity contribution in [2.75, 3.05) is 11.9 Å². The maximum atomic E-state index is 11.8. The molecule has 0 aliphatic rings. The Labute approximate surface area is 137 Å². The van der Waals surface area contributed by atoms with Crippen molar-refractivity contribution in [3.63, 3.8) is 0 Å². The van der Waals surface area contributed by atoms with Crippen LogP contribution in [0.5, 0.6) is 0 Å². The number of urea groups is 1. The number of carbonyl (C=O) groups is 2. The highest BCUT2D eigenvalue weighted by Gasteiger charge is 2.12. The minimum Gasteiger partial charge on any atom is -0.481 e. The summed E-state index contributed by atoms with van der Waals surface area (Å²) in [4.78, 5) is 22.2. The number of hydrogen-bond donors (Lipinski definition) is 3. The van der Waals surface area contributed by atoms with Crippen molar-refractivity contribution in [3.05, 3.63) is 27.2 Å². The quantitative estimate of drug-likeness (QED) is 0.714. The fourth-order valence-corrected chi connectivity index (χ4v) is 2.47. The molecule has 0 aliphatic carbocycles. The molecule has 5 nitrogen and oxygen atoms in total. The lowest BCUT2D eigenvalue weighted by atomic mass is 10.1. The van der Waals surface area contributed by atoms with Gasteiger partial charge in [0.15, 0.2) is 0 Å². The first-order chi connectivity index (χ1) is 9.79. The second-order valence-corrected chi connectivity index (χ2v) is 5.87. The highest BCUT2D eigenvalue weighted by Crippen LogP contribution is 2.33. The van der Waals surface area contributed by atoms with E-state index in [1.165, 1.54) is 12.1 Å². The number of hydrogen-bond acceptors (Lipinski definition) is 2. The summed E-state index contributed by atoms with van der Waals surface area (Å²) < 4.78 is 0. The Morgan fingerprint density at radius 2 is 1.81 bits per heavy atom. The van der Waals surface area contributed by atoms with Crippen molar-refractivity contribution in [1.82, 2.24) is 5.32 Å². The van der Waals surface area contributed by atoms with E-state index in [1.54, 1.807) is 0 Å². The van der Waals surface area contributed by atoms with Crippen LogP contribution in [0, 0.1) is 5.92 Å². The lowest BCUT2D eigenvalue weighted by Gasteiger charge is -2.14. The van der Waals surface area contributed by atoms with E-state index in [0.717, 1.165) is 0 Å². The molecule has 0 radical (unpaired) electrons. The first-order valence-corrected chi connectivity index (χ1v) is 7.34. The van der Waals surface area contributed by atoms with E-state index >= 15 is 0 Å². The van der Waals surface area contributed by atoms with Gasteiger partial charge in [-0.25, -0.2) is 4.79 Å². The summed E-state index contributed by atoms with van der Waals surface area (Å²) in [5, 5.41) is 14.6. The van der Waals surface area contributed by atoms with Crippen molar-refractivity contribution in [3.8, 4) is 0 Å². The predicted molar refractivity (Wildman–Crippen MR) is 84.5 cm³/mol. The Morgan fingerprint density at radius 3 is 2.33 bits per heavy atom. The van der Waals surface area contributed by atoms with E-state index in [1.807, 2.05) is 6.92 Å². The number of anilines is 1. The molecule has 0 heterocycles. The van der Waals surface area contributed by atoms with Crippen LogP contribution in [0.15, 0.2) is 12.1 Å². The molecule has 0 aromatic heterocycles. The fourth-order valence-electron chi connectivity index (χ4n) is 1.56. The molecule has 2 amide bonds. The number of aliphatic carboxylic acids is 1. The summed E-state index contributed by atoms with van der Waals surface area (Å²) in [5.74, 6) is -0.811.